The highest BCUT2D eigenvalue weighted by Crippen LogP contribution is 2.37. The first kappa shape index (κ1) is 15.4. The van der Waals surface area contributed by atoms with Crippen molar-refractivity contribution < 1.29 is 14.6 Å². The third-order valence-electron chi connectivity index (χ3n) is 4.05. The number of aliphatic hydroxyl groups excluding tert-OH is 1. The van der Waals surface area contributed by atoms with Gasteiger partial charge in [-0.25, -0.2) is 0 Å². The topological polar surface area (TPSA) is 58.9 Å². The molecular formula is C19H19NO3. The van der Waals surface area contributed by atoms with Gasteiger partial charge in [-0.05, 0) is 18.1 Å². The first-order valence-electron chi connectivity index (χ1n) is 7.76. The SMILES string of the molecule is CCC(=NCc1ccccc1)C1C(=O)Oc2ccccc2C1O. The van der Waals surface area contributed by atoms with Crippen molar-refractivity contribution in [3.05, 3.63) is 65.7 Å². The van der Waals surface area contributed by atoms with Gasteiger partial charge in [-0.2, -0.15) is 0 Å². The van der Waals surface area contributed by atoms with E-state index in [1.54, 1.807) is 18.2 Å². The fourth-order valence-electron chi connectivity index (χ4n) is 2.82. The Balaban J connectivity index is 1.87. The Morgan fingerprint density at radius 2 is 1.83 bits per heavy atom. The molecular weight excluding hydrogens is 290 g/mol. The molecule has 118 valence electrons. The van der Waals surface area contributed by atoms with E-state index in [1.165, 1.54) is 0 Å². The van der Waals surface area contributed by atoms with E-state index in [-0.39, 0.29) is 0 Å². The summed E-state index contributed by atoms with van der Waals surface area (Å²) in [6.07, 6.45) is -0.326. The van der Waals surface area contributed by atoms with Gasteiger partial charge in [-0.3, -0.25) is 9.79 Å². The van der Waals surface area contributed by atoms with E-state index in [9.17, 15) is 9.90 Å². The van der Waals surface area contributed by atoms with Crippen molar-refractivity contribution in [2.45, 2.75) is 26.0 Å². The zero-order valence-electron chi connectivity index (χ0n) is 13.0. The van der Waals surface area contributed by atoms with Gasteiger partial charge in [0.15, 0.2) is 0 Å². The number of hydrogen-bond acceptors (Lipinski definition) is 4. The molecule has 0 aromatic heterocycles. The molecule has 1 aliphatic heterocycles. The normalized spacial score (nSPS) is 20.8. The number of aliphatic imine (C=N–C) groups is 1. The molecule has 2 unspecified atom stereocenters. The number of nitrogens with zero attached hydrogens (tertiary/aromatic N) is 1. The maximum absolute atomic E-state index is 12.3. The molecule has 3 rings (SSSR count). The van der Waals surface area contributed by atoms with Crippen molar-refractivity contribution in [1.82, 2.24) is 0 Å². The van der Waals surface area contributed by atoms with E-state index in [4.69, 9.17) is 4.74 Å². The number of aliphatic hydroxyl groups is 1. The molecule has 23 heavy (non-hydrogen) atoms. The average molecular weight is 309 g/mol. The van der Waals surface area contributed by atoms with Crippen LogP contribution < -0.4 is 4.74 Å². The third kappa shape index (κ3) is 3.17. The lowest BCUT2D eigenvalue weighted by Crippen LogP contribution is -2.37. The largest absolute Gasteiger partial charge is 0.426 e. The molecule has 0 radical (unpaired) electrons. The smallest absolute Gasteiger partial charge is 0.323 e. The van der Waals surface area contributed by atoms with Crippen LogP contribution in [0, 0.1) is 5.92 Å². The van der Waals surface area contributed by atoms with Crippen LogP contribution in [0.1, 0.15) is 30.6 Å². The molecule has 2 aromatic carbocycles. The summed E-state index contributed by atoms with van der Waals surface area (Å²) in [6, 6.07) is 16.9. The molecule has 4 heteroatoms. The van der Waals surface area contributed by atoms with Gasteiger partial charge in [0, 0.05) is 11.3 Å². The summed E-state index contributed by atoms with van der Waals surface area (Å²) in [6.45, 7) is 2.42. The van der Waals surface area contributed by atoms with Gasteiger partial charge in [0.1, 0.15) is 17.8 Å². The van der Waals surface area contributed by atoms with E-state index in [0.717, 1.165) is 5.56 Å². The zero-order valence-corrected chi connectivity index (χ0v) is 13.0. The summed E-state index contributed by atoms with van der Waals surface area (Å²) in [7, 11) is 0. The predicted octanol–water partition coefficient (Wildman–Crippen LogP) is 3.31. The molecule has 0 amide bonds. The Bertz CT molecular complexity index is 724. The second-order valence-corrected chi connectivity index (χ2v) is 5.53. The summed E-state index contributed by atoms with van der Waals surface area (Å²) in [5, 5.41) is 10.6. The van der Waals surface area contributed by atoms with E-state index < -0.39 is 18.0 Å². The first-order valence-corrected chi connectivity index (χ1v) is 7.76. The number of fused-ring (bicyclic) bond motifs is 1. The number of rotatable bonds is 4. The van der Waals surface area contributed by atoms with Crippen LogP contribution in [0.15, 0.2) is 59.6 Å². The fraction of sp³-hybridized carbons (Fsp3) is 0.263. The number of esters is 1. The van der Waals surface area contributed by atoms with Crippen molar-refractivity contribution in [2.24, 2.45) is 10.9 Å². The van der Waals surface area contributed by atoms with Crippen LogP contribution in [0.4, 0.5) is 0 Å². The minimum Gasteiger partial charge on any atom is -0.426 e. The molecule has 0 fully saturated rings. The molecule has 0 saturated carbocycles. The van der Waals surface area contributed by atoms with Crippen molar-refractivity contribution in [1.29, 1.82) is 0 Å². The molecule has 0 bridgehead atoms. The fourth-order valence-corrected chi connectivity index (χ4v) is 2.82. The lowest BCUT2D eigenvalue weighted by Gasteiger charge is -2.29. The van der Waals surface area contributed by atoms with Gasteiger partial charge in [0.05, 0.1) is 6.54 Å². The molecule has 2 aromatic rings. The standard InChI is InChI=1S/C19H19NO3/c1-2-15(20-12-13-8-4-3-5-9-13)17-18(21)14-10-6-7-11-16(14)23-19(17)22/h3-11,17-18,21H,2,12H2,1H3. The molecule has 2 atom stereocenters. The lowest BCUT2D eigenvalue weighted by molar-refractivity contribution is -0.141. The number of carbonyl (C=O) groups is 1. The molecule has 0 aliphatic carbocycles. The summed E-state index contributed by atoms with van der Waals surface area (Å²) < 4.78 is 5.37. The highest BCUT2D eigenvalue weighted by atomic mass is 16.5. The Labute approximate surface area is 135 Å². The molecule has 4 nitrogen and oxygen atoms in total. The zero-order chi connectivity index (χ0) is 16.2. The van der Waals surface area contributed by atoms with Crippen LogP contribution in [0.3, 0.4) is 0 Å². The number of carbonyl (C=O) groups excluding carboxylic acids is 1. The molecule has 1 aliphatic rings. The number of hydrogen-bond donors (Lipinski definition) is 1. The van der Waals surface area contributed by atoms with Gasteiger partial charge < -0.3 is 9.84 Å². The second-order valence-electron chi connectivity index (χ2n) is 5.53. The summed E-state index contributed by atoms with van der Waals surface area (Å²) in [5.41, 5.74) is 2.37. The number of ether oxygens (including phenoxy) is 1. The molecule has 1 heterocycles. The second kappa shape index (κ2) is 6.75. The van der Waals surface area contributed by atoms with E-state index in [0.29, 0.717) is 30.0 Å². The molecule has 0 spiro atoms. The maximum atomic E-state index is 12.3. The highest BCUT2D eigenvalue weighted by Gasteiger charge is 2.39. The van der Waals surface area contributed by atoms with Crippen LogP contribution in [-0.4, -0.2) is 16.8 Å². The Morgan fingerprint density at radius 3 is 2.57 bits per heavy atom. The van der Waals surface area contributed by atoms with E-state index in [1.807, 2.05) is 43.3 Å². The van der Waals surface area contributed by atoms with Crippen LogP contribution in [0.5, 0.6) is 5.75 Å². The lowest BCUT2D eigenvalue weighted by atomic mass is 9.87. The van der Waals surface area contributed by atoms with Crippen LogP contribution in [0.25, 0.3) is 0 Å². The van der Waals surface area contributed by atoms with Gasteiger partial charge in [0.2, 0.25) is 0 Å². The molecule has 0 saturated heterocycles. The summed E-state index contributed by atoms with van der Waals surface area (Å²) in [4.78, 5) is 16.9. The monoisotopic (exact) mass is 309 g/mol. The van der Waals surface area contributed by atoms with Gasteiger partial charge >= 0.3 is 5.97 Å². The highest BCUT2D eigenvalue weighted by molar-refractivity contribution is 6.04. The van der Waals surface area contributed by atoms with E-state index >= 15 is 0 Å². The van der Waals surface area contributed by atoms with Crippen molar-refractivity contribution >= 4 is 11.7 Å². The van der Waals surface area contributed by atoms with Crippen LogP contribution in [0.2, 0.25) is 0 Å². The average Bonchev–Trinajstić information content (AvgIpc) is 2.58. The van der Waals surface area contributed by atoms with Gasteiger partial charge in [0.25, 0.3) is 0 Å². The third-order valence-corrected chi connectivity index (χ3v) is 4.05. The van der Waals surface area contributed by atoms with E-state index in [2.05, 4.69) is 4.99 Å². The molecule has 1 N–H and O–H groups in total. The predicted molar refractivity (Wildman–Crippen MR) is 88.4 cm³/mol. The Morgan fingerprint density at radius 1 is 1.13 bits per heavy atom. The van der Waals surface area contributed by atoms with Crippen molar-refractivity contribution in [3.63, 3.8) is 0 Å². The number of para-hydroxylation sites is 1. The van der Waals surface area contributed by atoms with Gasteiger partial charge in [-0.15, -0.1) is 0 Å². The summed E-state index contributed by atoms with van der Waals surface area (Å²) in [5.74, 6) is -0.747. The van der Waals surface area contributed by atoms with Crippen molar-refractivity contribution in [2.75, 3.05) is 0 Å². The van der Waals surface area contributed by atoms with Crippen LogP contribution in [-0.2, 0) is 11.3 Å². The number of benzene rings is 2. The Kier molecular flexibility index (Phi) is 4.53. The Hall–Kier alpha value is -2.46. The first-order chi connectivity index (χ1) is 11.2. The van der Waals surface area contributed by atoms with Gasteiger partial charge in [-0.1, -0.05) is 55.5 Å². The minimum atomic E-state index is -0.915. The minimum absolute atomic E-state index is 0.430. The van der Waals surface area contributed by atoms with Crippen LogP contribution >= 0.6 is 0 Å². The summed E-state index contributed by atoms with van der Waals surface area (Å²) >= 11 is 0. The van der Waals surface area contributed by atoms with Crippen molar-refractivity contribution in [3.8, 4) is 5.75 Å². The quantitative estimate of drug-likeness (QED) is 0.535. The maximum Gasteiger partial charge on any atom is 0.323 e.